The van der Waals surface area contributed by atoms with E-state index in [1.807, 2.05) is 4.90 Å². The first-order chi connectivity index (χ1) is 11.6. The third kappa shape index (κ3) is 3.57. The maximum Gasteiger partial charge on any atom is 0.256 e. The number of hydrogen-bond acceptors (Lipinski definition) is 2. The van der Waals surface area contributed by atoms with Gasteiger partial charge in [0, 0.05) is 38.2 Å². The van der Waals surface area contributed by atoms with Gasteiger partial charge in [0.05, 0.1) is 5.56 Å². The van der Waals surface area contributed by atoms with E-state index in [4.69, 9.17) is 0 Å². The molecule has 1 aromatic rings. The van der Waals surface area contributed by atoms with E-state index >= 15 is 0 Å². The van der Waals surface area contributed by atoms with Gasteiger partial charge in [-0.1, -0.05) is 19.3 Å². The number of halogens is 2. The molecule has 0 bridgehead atoms. The van der Waals surface area contributed by atoms with Gasteiger partial charge in [-0.3, -0.25) is 9.59 Å². The fourth-order valence-corrected chi connectivity index (χ4v) is 3.57. The summed E-state index contributed by atoms with van der Waals surface area (Å²) in [5, 5.41) is 0. The van der Waals surface area contributed by atoms with Gasteiger partial charge in [-0.15, -0.1) is 0 Å². The molecular weight excluding hydrogens is 314 g/mol. The van der Waals surface area contributed by atoms with E-state index in [1.165, 1.54) is 17.4 Å². The van der Waals surface area contributed by atoms with Crippen LogP contribution in [0.4, 0.5) is 8.78 Å². The minimum atomic E-state index is -0.847. The van der Waals surface area contributed by atoms with Gasteiger partial charge in [-0.2, -0.15) is 0 Å². The SMILES string of the molecule is O=C(c1ccc(F)cc1F)N1CCN(C(=O)C2CCCCC2)CC1. The molecule has 3 rings (SSSR count). The molecule has 1 heterocycles. The summed E-state index contributed by atoms with van der Waals surface area (Å²) in [5.74, 6) is -1.68. The van der Waals surface area contributed by atoms with E-state index in [0.717, 1.165) is 37.8 Å². The molecule has 1 aliphatic carbocycles. The molecule has 0 radical (unpaired) electrons. The van der Waals surface area contributed by atoms with Gasteiger partial charge < -0.3 is 9.80 Å². The van der Waals surface area contributed by atoms with Crippen LogP contribution in [0, 0.1) is 17.6 Å². The zero-order valence-electron chi connectivity index (χ0n) is 13.6. The predicted molar refractivity (Wildman–Crippen MR) is 85.4 cm³/mol. The number of piperazine rings is 1. The Morgan fingerprint density at radius 3 is 2.17 bits per heavy atom. The molecule has 24 heavy (non-hydrogen) atoms. The normalized spacial score (nSPS) is 19.4. The largest absolute Gasteiger partial charge is 0.339 e. The highest BCUT2D eigenvalue weighted by Crippen LogP contribution is 2.26. The average Bonchev–Trinajstić information content (AvgIpc) is 2.61. The predicted octanol–water partition coefficient (Wildman–Crippen LogP) is 2.83. The Morgan fingerprint density at radius 2 is 1.54 bits per heavy atom. The quantitative estimate of drug-likeness (QED) is 0.833. The highest BCUT2D eigenvalue weighted by molar-refractivity contribution is 5.94. The van der Waals surface area contributed by atoms with Crippen LogP contribution in [0.3, 0.4) is 0 Å². The fraction of sp³-hybridized carbons (Fsp3) is 0.556. The molecule has 6 heteroatoms. The minimum Gasteiger partial charge on any atom is -0.339 e. The number of nitrogens with zero attached hydrogens (tertiary/aromatic N) is 2. The molecule has 0 unspecified atom stereocenters. The summed E-state index contributed by atoms with van der Waals surface area (Å²) in [4.78, 5) is 28.2. The van der Waals surface area contributed by atoms with Gasteiger partial charge in [0.25, 0.3) is 5.91 Å². The van der Waals surface area contributed by atoms with Crippen LogP contribution in [0.15, 0.2) is 18.2 Å². The molecule has 0 spiro atoms. The summed E-state index contributed by atoms with van der Waals surface area (Å²) in [7, 11) is 0. The van der Waals surface area contributed by atoms with Gasteiger partial charge in [0.2, 0.25) is 5.91 Å². The molecule has 0 atom stereocenters. The maximum atomic E-state index is 13.8. The van der Waals surface area contributed by atoms with Gasteiger partial charge in [0.1, 0.15) is 11.6 Å². The first kappa shape index (κ1) is 16.9. The van der Waals surface area contributed by atoms with E-state index in [2.05, 4.69) is 0 Å². The second-order valence-electron chi connectivity index (χ2n) is 6.58. The Bertz CT molecular complexity index is 621. The molecule has 130 valence electrons. The average molecular weight is 336 g/mol. The lowest BCUT2D eigenvalue weighted by Gasteiger charge is -2.37. The van der Waals surface area contributed by atoms with E-state index in [1.54, 1.807) is 0 Å². The lowest BCUT2D eigenvalue weighted by molar-refractivity contribution is -0.138. The second-order valence-corrected chi connectivity index (χ2v) is 6.58. The molecule has 1 aromatic carbocycles. The zero-order valence-corrected chi connectivity index (χ0v) is 13.6. The van der Waals surface area contributed by atoms with Crippen molar-refractivity contribution in [1.29, 1.82) is 0 Å². The smallest absolute Gasteiger partial charge is 0.256 e. The van der Waals surface area contributed by atoms with Crippen LogP contribution in [0.25, 0.3) is 0 Å². The third-order valence-electron chi connectivity index (χ3n) is 4.99. The summed E-state index contributed by atoms with van der Waals surface area (Å²) < 4.78 is 26.7. The number of rotatable bonds is 2. The van der Waals surface area contributed by atoms with Crippen LogP contribution < -0.4 is 0 Å². The van der Waals surface area contributed by atoms with Crippen molar-refractivity contribution in [3.8, 4) is 0 Å². The van der Waals surface area contributed by atoms with Crippen molar-refractivity contribution in [3.63, 3.8) is 0 Å². The summed E-state index contributed by atoms with van der Waals surface area (Å²) in [6.07, 6.45) is 5.34. The van der Waals surface area contributed by atoms with Crippen LogP contribution >= 0.6 is 0 Å². The third-order valence-corrected chi connectivity index (χ3v) is 4.99. The van der Waals surface area contributed by atoms with Gasteiger partial charge in [-0.05, 0) is 25.0 Å². The summed E-state index contributed by atoms with van der Waals surface area (Å²) in [5.41, 5.74) is -0.122. The fourth-order valence-electron chi connectivity index (χ4n) is 3.57. The summed E-state index contributed by atoms with van der Waals surface area (Å²) in [6.45, 7) is 1.72. The van der Waals surface area contributed by atoms with Crippen molar-refractivity contribution in [1.82, 2.24) is 9.80 Å². The molecule has 1 saturated carbocycles. The van der Waals surface area contributed by atoms with Crippen LogP contribution in [0.1, 0.15) is 42.5 Å². The highest BCUT2D eigenvalue weighted by Gasteiger charge is 2.30. The van der Waals surface area contributed by atoms with E-state index in [0.29, 0.717) is 26.2 Å². The van der Waals surface area contributed by atoms with Crippen LogP contribution in [-0.2, 0) is 4.79 Å². The molecule has 0 N–H and O–H groups in total. The standard InChI is InChI=1S/C18H22F2N2O2/c19-14-6-7-15(16(20)12-14)18(24)22-10-8-21(9-11-22)17(23)13-4-2-1-3-5-13/h6-7,12-13H,1-5,8-11H2. The molecule has 0 aromatic heterocycles. The van der Waals surface area contributed by atoms with Gasteiger partial charge in [-0.25, -0.2) is 8.78 Å². The number of benzene rings is 1. The molecular formula is C18H22F2N2O2. The Morgan fingerprint density at radius 1 is 0.917 bits per heavy atom. The van der Waals surface area contributed by atoms with Gasteiger partial charge >= 0.3 is 0 Å². The topological polar surface area (TPSA) is 40.6 Å². The Balaban J connectivity index is 1.58. The van der Waals surface area contributed by atoms with E-state index < -0.39 is 17.5 Å². The Labute approximate surface area is 140 Å². The van der Waals surface area contributed by atoms with E-state index in [-0.39, 0.29) is 17.4 Å². The first-order valence-corrected chi connectivity index (χ1v) is 8.59. The number of hydrogen-bond donors (Lipinski definition) is 0. The molecule has 1 saturated heterocycles. The second kappa shape index (κ2) is 7.28. The Hall–Kier alpha value is -1.98. The maximum absolute atomic E-state index is 13.8. The monoisotopic (exact) mass is 336 g/mol. The Kier molecular flexibility index (Phi) is 5.11. The highest BCUT2D eigenvalue weighted by atomic mass is 19.1. The molecule has 4 nitrogen and oxygen atoms in total. The minimum absolute atomic E-state index is 0.121. The lowest BCUT2D eigenvalue weighted by Crippen LogP contribution is -2.52. The lowest BCUT2D eigenvalue weighted by atomic mass is 9.88. The molecule has 2 amide bonds. The van der Waals surface area contributed by atoms with Crippen molar-refractivity contribution in [2.45, 2.75) is 32.1 Å². The van der Waals surface area contributed by atoms with Crippen LogP contribution in [-0.4, -0.2) is 47.8 Å². The molecule has 1 aliphatic heterocycles. The van der Waals surface area contributed by atoms with Crippen molar-refractivity contribution < 1.29 is 18.4 Å². The van der Waals surface area contributed by atoms with Crippen LogP contribution in [0.5, 0.6) is 0 Å². The van der Waals surface area contributed by atoms with Crippen molar-refractivity contribution >= 4 is 11.8 Å². The van der Waals surface area contributed by atoms with Crippen molar-refractivity contribution in [2.75, 3.05) is 26.2 Å². The number of carbonyl (C=O) groups excluding carboxylic acids is 2. The van der Waals surface area contributed by atoms with Gasteiger partial charge in [0.15, 0.2) is 0 Å². The number of carbonyl (C=O) groups is 2. The molecule has 2 fully saturated rings. The van der Waals surface area contributed by atoms with Crippen molar-refractivity contribution in [3.05, 3.63) is 35.4 Å². The first-order valence-electron chi connectivity index (χ1n) is 8.59. The number of amides is 2. The van der Waals surface area contributed by atoms with E-state index in [9.17, 15) is 18.4 Å². The summed E-state index contributed by atoms with van der Waals surface area (Å²) >= 11 is 0. The zero-order chi connectivity index (χ0) is 17.1. The molecule has 2 aliphatic rings. The van der Waals surface area contributed by atoms with Crippen LogP contribution in [0.2, 0.25) is 0 Å². The van der Waals surface area contributed by atoms with Crippen molar-refractivity contribution in [2.24, 2.45) is 5.92 Å². The summed E-state index contributed by atoms with van der Waals surface area (Å²) in [6, 6.07) is 2.97.